The van der Waals surface area contributed by atoms with Gasteiger partial charge in [0.2, 0.25) is 5.91 Å². The number of halogens is 3. The highest BCUT2D eigenvalue weighted by Crippen LogP contribution is 2.45. The van der Waals surface area contributed by atoms with E-state index in [1.165, 1.54) is 11.3 Å². The lowest BCUT2D eigenvalue weighted by atomic mass is 9.86. The zero-order chi connectivity index (χ0) is 15.7. The van der Waals surface area contributed by atoms with Gasteiger partial charge in [0.05, 0.1) is 0 Å². The van der Waals surface area contributed by atoms with Gasteiger partial charge in [-0.3, -0.25) is 9.59 Å². The average Bonchev–Trinajstić information content (AvgIpc) is 3.04. The van der Waals surface area contributed by atoms with Crippen molar-refractivity contribution in [2.45, 2.75) is 25.4 Å². The van der Waals surface area contributed by atoms with E-state index in [1.54, 1.807) is 0 Å². The van der Waals surface area contributed by atoms with Gasteiger partial charge in [0.1, 0.15) is 0 Å². The number of alkyl halides is 3. The Morgan fingerprint density at radius 1 is 1.43 bits per heavy atom. The van der Waals surface area contributed by atoms with Crippen LogP contribution in [0.25, 0.3) is 0 Å². The first kappa shape index (κ1) is 15.8. The van der Waals surface area contributed by atoms with Crippen molar-refractivity contribution in [1.29, 1.82) is 0 Å². The number of nitrogens with zero attached hydrogens (tertiary/aromatic N) is 1. The number of amides is 1. The molecule has 0 radical (unpaired) electrons. The molecule has 1 aromatic rings. The van der Waals surface area contributed by atoms with Crippen LogP contribution in [0.5, 0.6) is 0 Å². The summed E-state index contributed by atoms with van der Waals surface area (Å²) in [6.45, 7) is -0.970. The molecule has 1 amide bonds. The lowest BCUT2D eigenvalue weighted by Crippen LogP contribution is -2.47. The summed E-state index contributed by atoms with van der Waals surface area (Å²) < 4.78 is 39.0. The van der Waals surface area contributed by atoms with Crippen molar-refractivity contribution in [3.8, 4) is 0 Å². The van der Waals surface area contributed by atoms with Crippen LogP contribution in [-0.2, 0) is 16.0 Å². The molecule has 21 heavy (non-hydrogen) atoms. The zero-order valence-corrected chi connectivity index (χ0v) is 11.8. The Kier molecular flexibility index (Phi) is 4.27. The van der Waals surface area contributed by atoms with Crippen LogP contribution in [0.2, 0.25) is 0 Å². The standard InChI is InChI=1S/C13H14F3NO3S/c14-13(15,16)12(11(19)20)4-5-17(8-12)10(18)2-1-9-3-6-21-7-9/h3,6-7H,1-2,4-5,8H2,(H,19,20). The molecule has 1 aliphatic rings. The van der Waals surface area contributed by atoms with Gasteiger partial charge in [0, 0.05) is 19.5 Å². The number of aryl methyl sites for hydroxylation is 1. The predicted octanol–water partition coefficient (Wildman–Crippen LogP) is 2.55. The molecule has 116 valence electrons. The van der Waals surface area contributed by atoms with Gasteiger partial charge < -0.3 is 10.0 Å². The van der Waals surface area contributed by atoms with Crippen molar-refractivity contribution in [1.82, 2.24) is 4.90 Å². The SMILES string of the molecule is O=C(CCc1ccsc1)N1CCC(C(=O)O)(C(F)(F)F)C1. The molecule has 2 rings (SSSR count). The van der Waals surface area contributed by atoms with E-state index in [2.05, 4.69) is 0 Å². The Morgan fingerprint density at radius 2 is 2.14 bits per heavy atom. The fourth-order valence-electron chi connectivity index (χ4n) is 2.39. The van der Waals surface area contributed by atoms with Crippen LogP contribution in [0.4, 0.5) is 13.2 Å². The van der Waals surface area contributed by atoms with Gasteiger partial charge in [0.25, 0.3) is 0 Å². The van der Waals surface area contributed by atoms with Gasteiger partial charge in [0.15, 0.2) is 5.41 Å². The molecule has 2 heterocycles. The van der Waals surface area contributed by atoms with Crippen LogP contribution in [-0.4, -0.2) is 41.1 Å². The topological polar surface area (TPSA) is 57.6 Å². The van der Waals surface area contributed by atoms with Crippen LogP contribution < -0.4 is 0 Å². The summed E-state index contributed by atoms with van der Waals surface area (Å²) in [5.74, 6) is -2.35. The monoisotopic (exact) mass is 321 g/mol. The number of likely N-dealkylation sites (tertiary alicyclic amines) is 1. The molecule has 8 heteroatoms. The van der Waals surface area contributed by atoms with Gasteiger partial charge in [-0.25, -0.2) is 0 Å². The molecule has 4 nitrogen and oxygen atoms in total. The molecule has 0 bridgehead atoms. The minimum Gasteiger partial charge on any atom is -0.481 e. The van der Waals surface area contributed by atoms with Crippen LogP contribution in [0.1, 0.15) is 18.4 Å². The molecule has 1 fully saturated rings. The molecule has 0 saturated carbocycles. The number of carboxylic acids is 1. The lowest BCUT2D eigenvalue weighted by Gasteiger charge is -2.27. The molecule has 0 aliphatic carbocycles. The Hall–Kier alpha value is -1.57. The summed E-state index contributed by atoms with van der Waals surface area (Å²) in [7, 11) is 0. The van der Waals surface area contributed by atoms with E-state index >= 15 is 0 Å². The molecule has 1 N–H and O–H groups in total. The van der Waals surface area contributed by atoms with Crippen molar-refractivity contribution in [2.75, 3.05) is 13.1 Å². The second kappa shape index (κ2) is 5.67. The molecule has 1 saturated heterocycles. The Bertz CT molecular complexity index is 529. The number of carbonyl (C=O) groups is 2. The molecule has 1 unspecified atom stereocenters. The first-order valence-electron chi connectivity index (χ1n) is 6.35. The molecule has 1 aromatic heterocycles. The van der Waals surface area contributed by atoms with E-state index in [4.69, 9.17) is 5.11 Å². The maximum absolute atomic E-state index is 13.0. The van der Waals surface area contributed by atoms with Crippen molar-refractivity contribution < 1.29 is 27.9 Å². The first-order chi connectivity index (χ1) is 9.76. The van der Waals surface area contributed by atoms with Crippen molar-refractivity contribution >= 4 is 23.2 Å². The average molecular weight is 321 g/mol. The van der Waals surface area contributed by atoms with Gasteiger partial charge in [-0.2, -0.15) is 24.5 Å². The van der Waals surface area contributed by atoms with E-state index < -0.39 is 36.4 Å². The Labute approximate surface area is 123 Å². The predicted molar refractivity (Wildman–Crippen MR) is 70.0 cm³/mol. The highest BCUT2D eigenvalue weighted by molar-refractivity contribution is 7.07. The summed E-state index contributed by atoms with van der Waals surface area (Å²) in [5.41, 5.74) is -1.88. The smallest absolute Gasteiger partial charge is 0.406 e. The number of aliphatic carboxylic acids is 1. The van der Waals surface area contributed by atoms with Gasteiger partial charge >= 0.3 is 12.1 Å². The quantitative estimate of drug-likeness (QED) is 0.927. The second-order valence-corrected chi connectivity index (χ2v) is 5.86. The van der Waals surface area contributed by atoms with Crippen molar-refractivity contribution in [3.63, 3.8) is 0 Å². The van der Waals surface area contributed by atoms with Crippen LogP contribution in [0.15, 0.2) is 16.8 Å². The third-order valence-electron chi connectivity index (χ3n) is 3.78. The summed E-state index contributed by atoms with van der Waals surface area (Å²) in [6, 6.07) is 1.85. The van der Waals surface area contributed by atoms with E-state index in [1.807, 2.05) is 16.8 Å². The van der Waals surface area contributed by atoms with E-state index in [0.717, 1.165) is 10.5 Å². The normalized spacial score (nSPS) is 22.5. The van der Waals surface area contributed by atoms with Crippen molar-refractivity contribution in [3.05, 3.63) is 22.4 Å². The third kappa shape index (κ3) is 3.04. The maximum Gasteiger partial charge on any atom is 0.406 e. The number of thiophene rings is 1. The summed E-state index contributed by atoms with van der Waals surface area (Å²) >= 11 is 1.48. The van der Waals surface area contributed by atoms with E-state index in [-0.39, 0.29) is 13.0 Å². The Balaban J connectivity index is 2.00. The first-order valence-corrected chi connectivity index (χ1v) is 7.29. The molecular formula is C13H14F3NO3S. The zero-order valence-electron chi connectivity index (χ0n) is 11.0. The highest BCUT2D eigenvalue weighted by Gasteiger charge is 2.64. The molecule has 1 aliphatic heterocycles. The molecule has 0 aromatic carbocycles. The molecule has 0 spiro atoms. The highest BCUT2D eigenvalue weighted by atomic mass is 32.1. The fraction of sp³-hybridized carbons (Fsp3) is 0.538. The molecule has 1 atom stereocenters. The largest absolute Gasteiger partial charge is 0.481 e. The third-order valence-corrected chi connectivity index (χ3v) is 4.51. The minimum atomic E-state index is -4.86. The van der Waals surface area contributed by atoms with E-state index in [9.17, 15) is 22.8 Å². The van der Waals surface area contributed by atoms with Crippen LogP contribution in [0.3, 0.4) is 0 Å². The van der Waals surface area contributed by atoms with E-state index in [0.29, 0.717) is 6.42 Å². The van der Waals surface area contributed by atoms with Gasteiger partial charge in [-0.15, -0.1) is 0 Å². The minimum absolute atomic E-state index is 0.0876. The second-order valence-electron chi connectivity index (χ2n) is 5.08. The van der Waals surface area contributed by atoms with Crippen LogP contribution >= 0.6 is 11.3 Å². The number of hydrogen-bond acceptors (Lipinski definition) is 3. The molecular weight excluding hydrogens is 307 g/mol. The maximum atomic E-state index is 13.0. The fourth-order valence-corrected chi connectivity index (χ4v) is 3.10. The van der Waals surface area contributed by atoms with Gasteiger partial charge in [-0.05, 0) is 35.2 Å². The number of carboxylic acid groups (broad SMARTS) is 1. The summed E-state index contributed by atoms with van der Waals surface area (Å²) in [4.78, 5) is 24.0. The number of carbonyl (C=O) groups excluding carboxylic acids is 1. The van der Waals surface area contributed by atoms with Crippen LogP contribution in [0, 0.1) is 5.41 Å². The van der Waals surface area contributed by atoms with Gasteiger partial charge in [-0.1, -0.05) is 0 Å². The number of hydrogen-bond donors (Lipinski definition) is 1. The number of rotatable bonds is 4. The summed E-state index contributed by atoms with van der Waals surface area (Å²) in [5, 5.41) is 12.6. The lowest BCUT2D eigenvalue weighted by molar-refractivity contribution is -0.227. The van der Waals surface area contributed by atoms with Crippen molar-refractivity contribution in [2.24, 2.45) is 5.41 Å². The Morgan fingerprint density at radius 3 is 2.62 bits per heavy atom. The summed E-state index contributed by atoms with van der Waals surface area (Å²) in [6.07, 6.45) is -4.91.